The average Bonchev–Trinajstić information content (AvgIpc) is 3.13. The van der Waals surface area contributed by atoms with Gasteiger partial charge in [-0.25, -0.2) is 4.79 Å². The van der Waals surface area contributed by atoms with E-state index in [2.05, 4.69) is 4.74 Å². The van der Waals surface area contributed by atoms with E-state index in [0.717, 1.165) is 6.92 Å². The molecular formula is C15H14F6O6. The van der Waals surface area contributed by atoms with Gasteiger partial charge in [0.05, 0.1) is 17.8 Å². The molecule has 0 spiro atoms. The Hall–Kier alpha value is -2.01. The van der Waals surface area contributed by atoms with Gasteiger partial charge >= 0.3 is 30.3 Å². The van der Waals surface area contributed by atoms with Crippen LogP contribution in [0.3, 0.4) is 0 Å². The first-order chi connectivity index (χ1) is 12.3. The van der Waals surface area contributed by atoms with Gasteiger partial charge in [0, 0.05) is 11.8 Å². The fourth-order valence-electron chi connectivity index (χ4n) is 4.19. The molecule has 2 saturated carbocycles. The largest absolute Gasteiger partial charge is 0.490 e. The van der Waals surface area contributed by atoms with Crippen molar-refractivity contribution in [2.75, 3.05) is 6.61 Å². The van der Waals surface area contributed by atoms with Crippen LogP contribution in [-0.2, 0) is 28.6 Å². The number of carbonyl (C=O) groups excluding carboxylic acids is 3. The smallest absolute Gasteiger partial charge is 0.458 e. The van der Waals surface area contributed by atoms with E-state index >= 15 is 0 Å². The van der Waals surface area contributed by atoms with Crippen LogP contribution in [-0.4, -0.2) is 49.1 Å². The molecule has 0 aromatic heterocycles. The fraction of sp³-hybridized carbons (Fsp3) is 0.800. The molecule has 27 heavy (non-hydrogen) atoms. The number of halogens is 6. The summed E-state index contributed by atoms with van der Waals surface area (Å²) in [6.45, 7) is 0.150. The minimum atomic E-state index is -5.23. The molecule has 2 aliphatic carbocycles. The van der Waals surface area contributed by atoms with Crippen LogP contribution in [0, 0.1) is 29.6 Å². The molecule has 7 unspecified atom stereocenters. The number of rotatable bonds is 4. The highest BCUT2D eigenvalue weighted by Crippen LogP contribution is 2.62. The average molecular weight is 404 g/mol. The van der Waals surface area contributed by atoms with Gasteiger partial charge in [0.25, 0.3) is 0 Å². The maximum Gasteiger partial charge on any atom is 0.490 e. The number of ether oxygens (including phenoxy) is 3. The van der Waals surface area contributed by atoms with Crippen LogP contribution in [0.15, 0.2) is 0 Å². The van der Waals surface area contributed by atoms with Gasteiger partial charge < -0.3 is 14.2 Å². The van der Waals surface area contributed by atoms with E-state index < -0.39 is 78.7 Å². The number of carbonyl (C=O) groups is 3. The quantitative estimate of drug-likeness (QED) is 0.405. The Morgan fingerprint density at radius 3 is 2.37 bits per heavy atom. The normalized spacial score (nSPS) is 35.7. The van der Waals surface area contributed by atoms with Crippen molar-refractivity contribution in [2.45, 2.75) is 37.9 Å². The number of esters is 3. The van der Waals surface area contributed by atoms with Gasteiger partial charge in [0.2, 0.25) is 0 Å². The molecule has 7 atom stereocenters. The van der Waals surface area contributed by atoms with Crippen LogP contribution in [0.4, 0.5) is 26.3 Å². The SMILES string of the molecule is CC(COC(=O)C(F)(F)F)C(=O)OC1C2CC3C1OC(=O)C3C2C(F)(F)F. The van der Waals surface area contributed by atoms with Gasteiger partial charge in [0.15, 0.2) is 0 Å². The fourth-order valence-corrected chi connectivity index (χ4v) is 4.19. The first-order valence-electron chi connectivity index (χ1n) is 8.04. The van der Waals surface area contributed by atoms with Gasteiger partial charge in [-0.2, -0.15) is 26.3 Å². The van der Waals surface area contributed by atoms with Crippen molar-refractivity contribution in [3.8, 4) is 0 Å². The molecule has 0 N–H and O–H groups in total. The Morgan fingerprint density at radius 2 is 1.81 bits per heavy atom. The van der Waals surface area contributed by atoms with Gasteiger partial charge in [-0.15, -0.1) is 0 Å². The van der Waals surface area contributed by atoms with Gasteiger partial charge in [-0.05, 0) is 13.3 Å². The highest BCUT2D eigenvalue weighted by Gasteiger charge is 2.73. The van der Waals surface area contributed by atoms with Gasteiger partial charge in [-0.3, -0.25) is 9.59 Å². The van der Waals surface area contributed by atoms with E-state index in [4.69, 9.17) is 9.47 Å². The Kier molecular flexibility index (Phi) is 4.58. The third kappa shape index (κ3) is 3.33. The topological polar surface area (TPSA) is 78.9 Å². The van der Waals surface area contributed by atoms with E-state index in [1.807, 2.05) is 0 Å². The number of alkyl halides is 6. The third-order valence-corrected chi connectivity index (χ3v) is 5.27. The Balaban J connectivity index is 1.65. The lowest BCUT2D eigenvalue weighted by Crippen LogP contribution is -2.46. The van der Waals surface area contributed by atoms with Crippen LogP contribution in [0.5, 0.6) is 0 Å². The number of fused-ring (bicyclic) bond motifs is 1. The molecule has 152 valence electrons. The predicted octanol–water partition coefficient (Wildman–Crippen LogP) is 2.01. The second kappa shape index (κ2) is 6.26. The van der Waals surface area contributed by atoms with Crippen molar-refractivity contribution in [1.29, 1.82) is 0 Å². The summed E-state index contributed by atoms with van der Waals surface area (Å²) in [5, 5.41) is 0. The van der Waals surface area contributed by atoms with Gasteiger partial charge in [-0.1, -0.05) is 0 Å². The Bertz CT molecular complexity index is 658. The molecule has 3 aliphatic rings. The van der Waals surface area contributed by atoms with Crippen molar-refractivity contribution in [2.24, 2.45) is 29.6 Å². The molecule has 6 nitrogen and oxygen atoms in total. The van der Waals surface area contributed by atoms with Crippen LogP contribution in [0.1, 0.15) is 13.3 Å². The van der Waals surface area contributed by atoms with Gasteiger partial charge in [0.1, 0.15) is 18.8 Å². The molecule has 2 bridgehead atoms. The summed E-state index contributed by atoms with van der Waals surface area (Å²) < 4.78 is 90.1. The second-order valence-electron chi connectivity index (χ2n) is 6.96. The zero-order valence-electron chi connectivity index (χ0n) is 13.7. The molecular weight excluding hydrogens is 390 g/mol. The summed E-state index contributed by atoms with van der Waals surface area (Å²) in [6.07, 6.45) is -12.3. The maximum absolute atomic E-state index is 13.3. The summed E-state index contributed by atoms with van der Waals surface area (Å²) in [5.41, 5.74) is 0. The number of hydrogen-bond donors (Lipinski definition) is 0. The van der Waals surface area contributed by atoms with Crippen molar-refractivity contribution in [3.05, 3.63) is 0 Å². The molecule has 1 saturated heterocycles. The summed E-state index contributed by atoms with van der Waals surface area (Å²) in [5.74, 6) is -11.1. The van der Waals surface area contributed by atoms with Crippen molar-refractivity contribution in [3.63, 3.8) is 0 Å². The summed E-state index contributed by atoms with van der Waals surface area (Å²) >= 11 is 0. The van der Waals surface area contributed by atoms with Crippen molar-refractivity contribution < 1.29 is 54.9 Å². The molecule has 3 rings (SSSR count). The van der Waals surface area contributed by atoms with Crippen LogP contribution < -0.4 is 0 Å². The van der Waals surface area contributed by atoms with E-state index in [-0.39, 0.29) is 6.42 Å². The highest BCUT2D eigenvalue weighted by atomic mass is 19.4. The van der Waals surface area contributed by atoms with Crippen LogP contribution in [0.25, 0.3) is 0 Å². The van der Waals surface area contributed by atoms with Crippen molar-refractivity contribution >= 4 is 17.9 Å². The van der Waals surface area contributed by atoms with E-state index in [0.29, 0.717) is 0 Å². The Labute approximate surface area is 148 Å². The van der Waals surface area contributed by atoms with Crippen LogP contribution >= 0.6 is 0 Å². The minimum absolute atomic E-state index is 0.000632. The first kappa shape index (κ1) is 19.7. The lowest BCUT2D eigenvalue weighted by molar-refractivity contribution is -0.213. The standard InChI is InChI=1S/C15H14F6O6/c1-4(3-25-13(24)15(19,20)21)11(22)26-10-6-2-5-7(8(6)14(16,17)18)12(23)27-9(5)10/h4-10H,2-3H2,1H3. The monoisotopic (exact) mass is 404 g/mol. The summed E-state index contributed by atoms with van der Waals surface area (Å²) in [4.78, 5) is 34.4. The molecule has 0 radical (unpaired) electrons. The molecule has 12 heteroatoms. The zero-order chi connectivity index (χ0) is 20.3. The van der Waals surface area contributed by atoms with E-state index in [1.165, 1.54) is 0 Å². The van der Waals surface area contributed by atoms with Crippen molar-refractivity contribution in [1.82, 2.24) is 0 Å². The Morgan fingerprint density at radius 1 is 1.19 bits per heavy atom. The third-order valence-electron chi connectivity index (χ3n) is 5.27. The van der Waals surface area contributed by atoms with E-state index in [9.17, 15) is 40.7 Å². The molecule has 3 fully saturated rings. The molecule has 0 amide bonds. The first-order valence-corrected chi connectivity index (χ1v) is 8.04. The second-order valence-corrected chi connectivity index (χ2v) is 6.96. The zero-order valence-corrected chi connectivity index (χ0v) is 13.7. The molecule has 0 aromatic rings. The molecule has 0 aromatic carbocycles. The van der Waals surface area contributed by atoms with Crippen LogP contribution in [0.2, 0.25) is 0 Å². The molecule has 1 heterocycles. The minimum Gasteiger partial charge on any atom is -0.458 e. The lowest BCUT2D eigenvalue weighted by Gasteiger charge is -2.33. The maximum atomic E-state index is 13.3. The lowest BCUT2D eigenvalue weighted by atomic mass is 9.78. The van der Waals surface area contributed by atoms with E-state index in [1.54, 1.807) is 0 Å². The number of hydrogen-bond acceptors (Lipinski definition) is 6. The summed E-state index contributed by atoms with van der Waals surface area (Å²) in [7, 11) is 0. The highest BCUT2D eigenvalue weighted by molar-refractivity contribution is 5.78. The predicted molar refractivity (Wildman–Crippen MR) is 70.6 cm³/mol. The summed E-state index contributed by atoms with van der Waals surface area (Å²) in [6, 6.07) is 0. The molecule has 1 aliphatic heterocycles.